The van der Waals surface area contributed by atoms with Crippen LogP contribution in [-0.4, -0.2) is 92.3 Å². The molecular weight excluding hydrogens is 248 g/mol. The number of carbonyl (C=O) groups is 1. The van der Waals surface area contributed by atoms with Crippen LogP contribution in [0, 0.1) is 0 Å². The second kappa shape index (κ2) is 12.8. The maximum Gasteiger partial charge on any atom is 0.320 e. The molecular formula is C9H15NNa2O5. The third kappa shape index (κ3) is 10.0. The first-order chi connectivity index (χ1) is 6.09. The monoisotopic (exact) mass is 263 g/mol. The van der Waals surface area contributed by atoms with Crippen molar-refractivity contribution in [3.63, 3.8) is 0 Å². The van der Waals surface area contributed by atoms with Gasteiger partial charge in [-0.05, 0) is 24.1 Å². The zero-order chi connectivity index (χ0) is 9.84. The van der Waals surface area contributed by atoms with E-state index in [0.717, 1.165) is 5.56 Å². The molecule has 17 heavy (non-hydrogen) atoms. The third-order valence-electron chi connectivity index (χ3n) is 1.71. The summed E-state index contributed by atoms with van der Waals surface area (Å²) in [7, 11) is 0. The van der Waals surface area contributed by atoms with Crippen LogP contribution >= 0.6 is 0 Å². The van der Waals surface area contributed by atoms with Crippen molar-refractivity contribution in [3.05, 3.63) is 29.8 Å². The van der Waals surface area contributed by atoms with E-state index in [-0.39, 0.29) is 82.2 Å². The Hall–Kier alpha value is 0.370. The van der Waals surface area contributed by atoms with E-state index in [1.54, 1.807) is 12.1 Å². The number of hydrogen-bond acceptors (Lipinski definition) is 3. The quantitative estimate of drug-likeness (QED) is 0.537. The number of phenolic OH excluding ortho intramolecular Hbond substituents is 1. The van der Waals surface area contributed by atoms with Gasteiger partial charge in [-0.1, -0.05) is 12.1 Å². The van der Waals surface area contributed by atoms with Gasteiger partial charge in [-0.3, -0.25) is 4.79 Å². The normalized spacial score (nSPS) is 9.47. The molecule has 0 saturated carbocycles. The number of phenols is 1. The molecule has 0 spiro atoms. The predicted molar refractivity (Wildman–Crippen MR) is 66.2 cm³/mol. The molecule has 8 heteroatoms. The Balaban J connectivity index is -0.000000211. The van der Waals surface area contributed by atoms with Crippen molar-refractivity contribution in [3.8, 4) is 5.75 Å². The van der Waals surface area contributed by atoms with Crippen molar-refractivity contribution in [2.45, 2.75) is 12.5 Å². The molecule has 1 rings (SSSR count). The first-order valence-corrected chi connectivity index (χ1v) is 3.86. The van der Waals surface area contributed by atoms with Gasteiger partial charge in [0.2, 0.25) is 0 Å². The Kier molecular flexibility index (Phi) is 19.6. The molecule has 0 aliphatic rings. The molecule has 0 aliphatic heterocycles. The van der Waals surface area contributed by atoms with Crippen LogP contribution in [0.5, 0.6) is 5.75 Å². The van der Waals surface area contributed by atoms with Crippen molar-refractivity contribution in [1.82, 2.24) is 0 Å². The minimum Gasteiger partial charge on any atom is -0.508 e. The van der Waals surface area contributed by atoms with Crippen LogP contribution in [0.4, 0.5) is 0 Å². The summed E-state index contributed by atoms with van der Waals surface area (Å²) in [6.45, 7) is 0. The molecule has 8 N–H and O–H groups in total. The van der Waals surface area contributed by atoms with E-state index in [0.29, 0.717) is 0 Å². The van der Waals surface area contributed by atoms with Crippen molar-refractivity contribution in [2.24, 2.45) is 5.73 Å². The van der Waals surface area contributed by atoms with Crippen molar-refractivity contribution >= 4 is 65.1 Å². The number of rotatable bonds is 3. The van der Waals surface area contributed by atoms with Crippen molar-refractivity contribution in [2.75, 3.05) is 0 Å². The fourth-order valence-corrected chi connectivity index (χ4v) is 0.973. The van der Waals surface area contributed by atoms with Crippen molar-refractivity contribution < 1.29 is 26.0 Å². The van der Waals surface area contributed by atoms with Gasteiger partial charge in [0.1, 0.15) is 11.8 Å². The minimum atomic E-state index is -1.02. The molecule has 0 bridgehead atoms. The molecule has 6 nitrogen and oxygen atoms in total. The summed E-state index contributed by atoms with van der Waals surface area (Å²) >= 11 is 0. The van der Waals surface area contributed by atoms with E-state index in [1.807, 2.05) is 0 Å². The van der Waals surface area contributed by atoms with Crippen LogP contribution in [0.3, 0.4) is 0 Å². The molecule has 1 unspecified atom stereocenters. The third-order valence-corrected chi connectivity index (χ3v) is 1.71. The maximum atomic E-state index is 10.4. The first-order valence-electron chi connectivity index (χ1n) is 3.86. The number of carboxylic acids is 1. The van der Waals surface area contributed by atoms with Crippen molar-refractivity contribution in [1.29, 1.82) is 0 Å². The zero-order valence-corrected chi connectivity index (χ0v) is 14.0. The predicted octanol–water partition coefficient (Wildman–Crippen LogP) is -2.06. The smallest absolute Gasteiger partial charge is 0.320 e. The molecule has 0 aliphatic carbocycles. The molecule has 0 aromatic heterocycles. The first kappa shape index (κ1) is 26.0. The van der Waals surface area contributed by atoms with Crippen LogP contribution < -0.4 is 5.73 Å². The van der Waals surface area contributed by atoms with Gasteiger partial charge >= 0.3 is 5.97 Å². The second-order valence-electron chi connectivity index (χ2n) is 2.82. The van der Waals surface area contributed by atoms with Crippen LogP contribution in [0.15, 0.2) is 24.3 Å². The van der Waals surface area contributed by atoms with Gasteiger partial charge in [0.25, 0.3) is 0 Å². The summed E-state index contributed by atoms with van der Waals surface area (Å²) in [5.41, 5.74) is 6.12. The molecule has 0 saturated heterocycles. The molecule has 1 aromatic carbocycles. The van der Waals surface area contributed by atoms with E-state index >= 15 is 0 Å². The average Bonchev–Trinajstić information content (AvgIpc) is 2.08. The standard InChI is InChI=1S/C9H11NO3.2Na.2H2O/c10-8(9(12)13)5-6-1-3-7(11)4-2-6;;;;/h1-4,8,11H,5,10H2,(H,12,13);;;2*1H2. The van der Waals surface area contributed by atoms with Crippen LogP contribution in [0.25, 0.3) is 0 Å². The van der Waals surface area contributed by atoms with E-state index < -0.39 is 12.0 Å². The molecule has 0 heterocycles. The van der Waals surface area contributed by atoms with E-state index in [9.17, 15) is 4.79 Å². The summed E-state index contributed by atoms with van der Waals surface area (Å²) in [4.78, 5) is 10.4. The van der Waals surface area contributed by atoms with Crippen LogP contribution in [0.2, 0.25) is 0 Å². The number of aromatic hydroxyl groups is 1. The molecule has 1 aromatic rings. The summed E-state index contributed by atoms with van der Waals surface area (Å²) in [6, 6.07) is 5.42. The second-order valence-corrected chi connectivity index (χ2v) is 2.82. The number of hydrogen-bond donors (Lipinski definition) is 3. The maximum absolute atomic E-state index is 10.4. The number of aliphatic carboxylic acids is 1. The number of nitrogens with two attached hydrogens (primary N) is 1. The molecule has 1 atom stereocenters. The van der Waals surface area contributed by atoms with Crippen LogP contribution in [0.1, 0.15) is 5.56 Å². The Labute approximate surface area is 143 Å². The fraction of sp³-hybridized carbons (Fsp3) is 0.222. The molecule has 0 amide bonds. The van der Waals surface area contributed by atoms with E-state index in [4.69, 9.17) is 15.9 Å². The molecule has 0 fully saturated rings. The van der Waals surface area contributed by atoms with Gasteiger partial charge in [-0.15, -0.1) is 0 Å². The summed E-state index contributed by atoms with van der Waals surface area (Å²) in [6.07, 6.45) is 0.273. The van der Waals surface area contributed by atoms with Gasteiger partial charge in [-0.2, -0.15) is 0 Å². The van der Waals surface area contributed by atoms with Gasteiger partial charge < -0.3 is 26.9 Å². The number of carboxylic acid groups (broad SMARTS) is 1. The SMILES string of the molecule is NC(Cc1ccc(O)cc1)C(=O)O.O.O.[Na].[Na]. The van der Waals surface area contributed by atoms with Gasteiger partial charge in [-0.25, -0.2) is 0 Å². The van der Waals surface area contributed by atoms with E-state index in [2.05, 4.69) is 0 Å². The zero-order valence-electron chi connectivity index (χ0n) is 9.97. The summed E-state index contributed by atoms with van der Waals surface area (Å²) in [5, 5.41) is 17.5. The Morgan fingerprint density at radius 2 is 1.59 bits per heavy atom. The topological polar surface area (TPSA) is 147 Å². The number of benzene rings is 1. The van der Waals surface area contributed by atoms with Crippen LogP contribution in [-0.2, 0) is 11.2 Å². The van der Waals surface area contributed by atoms with Gasteiger partial charge in [0, 0.05) is 59.1 Å². The summed E-state index contributed by atoms with van der Waals surface area (Å²) in [5.74, 6) is -0.860. The Bertz CT molecular complexity index is 307. The Morgan fingerprint density at radius 3 is 1.94 bits per heavy atom. The fourth-order valence-electron chi connectivity index (χ4n) is 0.973. The molecule has 2 radical (unpaired) electrons. The average molecular weight is 263 g/mol. The molecule has 88 valence electrons. The van der Waals surface area contributed by atoms with Gasteiger partial charge in [0.15, 0.2) is 0 Å². The summed E-state index contributed by atoms with van der Waals surface area (Å²) < 4.78 is 0. The Morgan fingerprint density at radius 1 is 1.18 bits per heavy atom. The van der Waals surface area contributed by atoms with E-state index in [1.165, 1.54) is 12.1 Å². The van der Waals surface area contributed by atoms with Gasteiger partial charge in [0.05, 0.1) is 0 Å². The minimum absolute atomic E-state index is 0. The largest absolute Gasteiger partial charge is 0.508 e.